The van der Waals surface area contributed by atoms with Gasteiger partial charge in [0.2, 0.25) is 0 Å². The van der Waals surface area contributed by atoms with Gasteiger partial charge >= 0.3 is 0 Å². The van der Waals surface area contributed by atoms with Gasteiger partial charge in [0.1, 0.15) is 0 Å². The van der Waals surface area contributed by atoms with Crippen molar-refractivity contribution in [3.63, 3.8) is 0 Å². The Labute approximate surface area is 62.1 Å². The standard InChI is InChI=1S/C9H14O/c1-3-8-5-4-6-9(10)7(8)2/h3,9-10H,2,4-6H2,1H3/b8-3+/t9-/m1/s1. The molecule has 1 aliphatic rings. The lowest BCUT2D eigenvalue weighted by molar-refractivity contribution is 0.191. The molecule has 0 amide bonds. The van der Waals surface area contributed by atoms with Gasteiger partial charge in [0, 0.05) is 0 Å². The first-order valence-electron chi connectivity index (χ1n) is 3.78. The molecule has 0 aliphatic heterocycles. The molecule has 1 aliphatic carbocycles. The molecule has 0 radical (unpaired) electrons. The maximum Gasteiger partial charge on any atom is 0.0787 e. The van der Waals surface area contributed by atoms with Crippen molar-refractivity contribution in [3.05, 3.63) is 23.8 Å². The number of rotatable bonds is 0. The van der Waals surface area contributed by atoms with E-state index in [4.69, 9.17) is 0 Å². The number of aliphatic hydroxyl groups is 1. The second kappa shape index (κ2) is 3.02. The third-order valence-electron chi connectivity index (χ3n) is 2.09. The summed E-state index contributed by atoms with van der Waals surface area (Å²) in [4.78, 5) is 0. The molecular weight excluding hydrogens is 124 g/mol. The Hall–Kier alpha value is -0.560. The van der Waals surface area contributed by atoms with Crippen LogP contribution in [0.3, 0.4) is 0 Å². The van der Waals surface area contributed by atoms with Crippen LogP contribution in [0.4, 0.5) is 0 Å². The molecule has 1 N–H and O–H groups in total. The molecule has 0 bridgehead atoms. The molecule has 1 heteroatoms. The Bertz CT molecular complexity index is 168. The van der Waals surface area contributed by atoms with E-state index in [1.807, 2.05) is 13.0 Å². The van der Waals surface area contributed by atoms with Gasteiger partial charge in [-0.3, -0.25) is 0 Å². The molecule has 0 heterocycles. The highest BCUT2D eigenvalue weighted by molar-refractivity contribution is 5.32. The van der Waals surface area contributed by atoms with Gasteiger partial charge in [0.15, 0.2) is 0 Å². The molecule has 10 heavy (non-hydrogen) atoms. The molecule has 56 valence electrons. The van der Waals surface area contributed by atoms with Crippen molar-refractivity contribution in [2.45, 2.75) is 32.3 Å². The Balaban J connectivity index is 2.69. The molecular formula is C9H14O. The quantitative estimate of drug-likeness (QED) is 0.543. The maximum atomic E-state index is 9.34. The van der Waals surface area contributed by atoms with Gasteiger partial charge in [-0.15, -0.1) is 0 Å². The minimum Gasteiger partial charge on any atom is -0.388 e. The second-order valence-electron chi connectivity index (χ2n) is 2.75. The first-order chi connectivity index (χ1) is 4.75. The predicted octanol–water partition coefficient (Wildman–Crippen LogP) is 2.03. The van der Waals surface area contributed by atoms with Crippen LogP contribution in [0.1, 0.15) is 26.2 Å². The van der Waals surface area contributed by atoms with Crippen LogP contribution in [0.5, 0.6) is 0 Å². The van der Waals surface area contributed by atoms with E-state index in [2.05, 4.69) is 6.58 Å². The Morgan fingerprint density at radius 1 is 1.70 bits per heavy atom. The van der Waals surface area contributed by atoms with E-state index in [1.54, 1.807) is 0 Å². The van der Waals surface area contributed by atoms with Crippen molar-refractivity contribution in [3.8, 4) is 0 Å². The van der Waals surface area contributed by atoms with Gasteiger partial charge in [-0.2, -0.15) is 0 Å². The largest absolute Gasteiger partial charge is 0.388 e. The number of hydrogen-bond acceptors (Lipinski definition) is 1. The summed E-state index contributed by atoms with van der Waals surface area (Å²) in [5.74, 6) is 0. The van der Waals surface area contributed by atoms with Crippen LogP contribution in [0.25, 0.3) is 0 Å². The highest BCUT2D eigenvalue weighted by Gasteiger charge is 2.17. The second-order valence-corrected chi connectivity index (χ2v) is 2.75. The SMILES string of the molecule is C=C1/C(=C/C)CCC[C@H]1O. The first kappa shape index (κ1) is 7.55. The molecule has 1 rings (SSSR count). The van der Waals surface area contributed by atoms with Gasteiger partial charge in [0.05, 0.1) is 6.10 Å². The summed E-state index contributed by atoms with van der Waals surface area (Å²) in [5.41, 5.74) is 2.16. The molecule has 1 fully saturated rings. The van der Waals surface area contributed by atoms with Gasteiger partial charge < -0.3 is 5.11 Å². The van der Waals surface area contributed by atoms with E-state index in [0.29, 0.717) is 0 Å². The van der Waals surface area contributed by atoms with Crippen molar-refractivity contribution >= 4 is 0 Å². The summed E-state index contributed by atoms with van der Waals surface area (Å²) in [5, 5.41) is 9.34. The highest BCUT2D eigenvalue weighted by atomic mass is 16.3. The van der Waals surface area contributed by atoms with E-state index in [9.17, 15) is 5.11 Å². The van der Waals surface area contributed by atoms with Gasteiger partial charge in [0.25, 0.3) is 0 Å². The third-order valence-corrected chi connectivity index (χ3v) is 2.09. The fraction of sp³-hybridized carbons (Fsp3) is 0.556. The lowest BCUT2D eigenvalue weighted by atomic mass is 9.88. The molecule has 0 unspecified atom stereocenters. The molecule has 0 aromatic rings. The van der Waals surface area contributed by atoms with Gasteiger partial charge in [-0.1, -0.05) is 12.7 Å². The number of aliphatic hydroxyl groups excluding tert-OH is 1. The molecule has 0 aromatic carbocycles. The van der Waals surface area contributed by atoms with Crippen molar-refractivity contribution < 1.29 is 5.11 Å². The van der Waals surface area contributed by atoms with Gasteiger partial charge in [-0.05, 0) is 37.3 Å². The Morgan fingerprint density at radius 2 is 2.40 bits per heavy atom. The summed E-state index contributed by atoms with van der Waals surface area (Å²) in [7, 11) is 0. The summed E-state index contributed by atoms with van der Waals surface area (Å²) in [6.45, 7) is 5.83. The molecule has 0 spiro atoms. The van der Waals surface area contributed by atoms with E-state index < -0.39 is 0 Å². The fourth-order valence-electron chi connectivity index (χ4n) is 1.36. The van der Waals surface area contributed by atoms with E-state index in [1.165, 1.54) is 5.57 Å². The summed E-state index contributed by atoms with van der Waals surface area (Å²) in [6, 6.07) is 0. The molecule has 1 atom stereocenters. The highest BCUT2D eigenvalue weighted by Crippen LogP contribution is 2.27. The van der Waals surface area contributed by atoms with E-state index in [0.717, 1.165) is 24.8 Å². The minimum absolute atomic E-state index is 0.278. The maximum absolute atomic E-state index is 9.34. The summed E-state index contributed by atoms with van der Waals surface area (Å²) >= 11 is 0. The Morgan fingerprint density at radius 3 is 2.90 bits per heavy atom. The first-order valence-corrected chi connectivity index (χ1v) is 3.78. The summed E-state index contributed by atoms with van der Waals surface area (Å²) in [6.07, 6.45) is 4.84. The number of hydrogen-bond donors (Lipinski definition) is 1. The average Bonchev–Trinajstić information content (AvgIpc) is 1.95. The fourth-order valence-corrected chi connectivity index (χ4v) is 1.36. The predicted molar refractivity (Wildman–Crippen MR) is 42.8 cm³/mol. The van der Waals surface area contributed by atoms with Crippen LogP contribution in [0.2, 0.25) is 0 Å². The smallest absolute Gasteiger partial charge is 0.0787 e. The lowest BCUT2D eigenvalue weighted by Crippen LogP contribution is -2.15. The monoisotopic (exact) mass is 138 g/mol. The Kier molecular flexibility index (Phi) is 2.28. The lowest BCUT2D eigenvalue weighted by Gasteiger charge is -2.22. The van der Waals surface area contributed by atoms with E-state index in [-0.39, 0.29) is 6.10 Å². The number of allylic oxidation sites excluding steroid dienone is 1. The van der Waals surface area contributed by atoms with E-state index >= 15 is 0 Å². The molecule has 0 aromatic heterocycles. The van der Waals surface area contributed by atoms with Crippen LogP contribution in [-0.4, -0.2) is 11.2 Å². The summed E-state index contributed by atoms with van der Waals surface area (Å²) < 4.78 is 0. The van der Waals surface area contributed by atoms with Crippen LogP contribution >= 0.6 is 0 Å². The average molecular weight is 138 g/mol. The normalized spacial score (nSPS) is 31.2. The molecule has 0 saturated heterocycles. The van der Waals surface area contributed by atoms with Crippen LogP contribution in [0.15, 0.2) is 23.8 Å². The minimum atomic E-state index is -0.278. The van der Waals surface area contributed by atoms with Crippen LogP contribution in [0, 0.1) is 0 Å². The van der Waals surface area contributed by atoms with Crippen LogP contribution < -0.4 is 0 Å². The van der Waals surface area contributed by atoms with Crippen molar-refractivity contribution in [1.29, 1.82) is 0 Å². The van der Waals surface area contributed by atoms with Crippen molar-refractivity contribution in [1.82, 2.24) is 0 Å². The third kappa shape index (κ3) is 1.29. The zero-order valence-corrected chi connectivity index (χ0v) is 6.43. The van der Waals surface area contributed by atoms with Crippen molar-refractivity contribution in [2.24, 2.45) is 0 Å². The van der Waals surface area contributed by atoms with Crippen molar-refractivity contribution in [2.75, 3.05) is 0 Å². The van der Waals surface area contributed by atoms with Crippen LogP contribution in [-0.2, 0) is 0 Å². The zero-order valence-electron chi connectivity index (χ0n) is 6.43. The zero-order chi connectivity index (χ0) is 7.56. The molecule has 1 saturated carbocycles. The van der Waals surface area contributed by atoms with Gasteiger partial charge in [-0.25, -0.2) is 0 Å². The molecule has 1 nitrogen and oxygen atoms in total. The topological polar surface area (TPSA) is 20.2 Å².